The minimum absolute atomic E-state index is 0.948. The Morgan fingerprint density at radius 3 is 2.25 bits per heavy atom. The lowest BCUT2D eigenvalue weighted by molar-refractivity contribution is 0.356. The van der Waals surface area contributed by atoms with Crippen molar-refractivity contribution in [1.29, 1.82) is 0 Å². The molecule has 1 aliphatic rings. The highest BCUT2D eigenvalue weighted by Gasteiger charge is 2.13. The Labute approximate surface area is 99.3 Å². The molecule has 0 aliphatic heterocycles. The average molecular weight is 217 g/mol. The lowest BCUT2D eigenvalue weighted by atomic mass is 9.85. The van der Waals surface area contributed by atoms with Crippen LogP contribution in [0.4, 0.5) is 0 Å². The third-order valence-corrected chi connectivity index (χ3v) is 3.65. The first-order valence-corrected chi connectivity index (χ1v) is 6.61. The standard InChI is InChI=1S/C15H23N/c1-16-12-15-9-7-14(8-10-15)11-13-5-3-2-4-6-13/h7-10,13,16H,2-6,11-12H2,1H3. The van der Waals surface area contributed by atoms with Crippen molar-refractivity contribution >= 4 is 0 Å². The number of hydrogen-bond acceptors (Lipinski definition) is 1. The minimum Gasteiger partial charge on any atom is -0.316 e. The van der Waals surface area contributed by atoms with Crippen LogP contribution in [0.5, 0.6) is 0 Å². The van der Waals surface area contributed by atoms with Crippen LogP contribution in [0.15, 0.2) is 24.3 Å². The summed E-state index contributed by atoms with van der Waals surface area (Å²) in [6, 6.07) is 9.13. The first-order valence-electron chi connectivity index (χ1n) is 6.61. The second-order valence-corrected chi connectivity index (χ2v) is 5.05. The highest BCUT2D eigenvalue weighted by Crippen LogP contribution is 2.26. The summed E-state index contributed by atoms with van der Waals surface area (Å²) in [6.07, 6.45) is 8.53. The van der Waals surface area contributed by atoms with E-state index in [0.717, 1.165) is 12.5 Å². The molecule has 0 bridgehead atoms. The first-order chi connectivity index (χ1) is 7.88. The smallest absolute Gasteiger partial charge is 0.0202 e. The quantitative estimate of drug-likeness (QED) is 0.813. The number of nitrogens with one attached hydrogen (secondary N) is 1. The zero-order valence-electron chi connectivity index (χ0n) is 10.3. The van der Waals surface area contributed by atoms with Crippen LogP contribution >= 0.6 is 0 Å². The van der Waals surface area contributed by atoms with E-state index in [1.54, 1.807) is 0 Å². The molecule has 0 saturated heterocycles. The fourth-order valence-corrected chi connectivity index (χ4v) is 2.72. The Morgan fingerprint density at radius 1 is 1.00 bits per heavy atom. The largest absolute Gasteiger partial charge is 0.316 e. The number of rotatable bonds is 4. The summed E-state index contributed by atoms with van der Waals surface area (Å²) in [6.45, 7) is 0.976. The SMILES string of the molecule is CNCc1ccc(CC2CCCCC2)cc1. The van der Waals surface area contributed by atoms with Crippen LogP contribution in [0, 0.1) is 5.92 Å². The maximum absolute atomic E-state index is 3.18. The summed E-state index contributed by atoms with van der Waals surface area (Å²) in [5.41, 5.74) is 2.90. The van der Waals surface area contributed by atoms with E-state index in [9.17, 15) is 0 Å². The second-order valence-electron chi connectivity index (χ2n) is 5.05. The normalized spacial score (nSPS) is 17.6. The van der Waals surface area contributed by atoms with Gasteiger partial charge in [-0.3, -0.25) is 0 Å². The van der Waals surface area contributed by atoms with Crippen molar-refractivity contribution in [3.8, 4) is 0 Å². The summed E-state index contributed by atoms with van der Waals surface area (Å²) >= 11 is 0. The zero-order chi connectivity index (χ0) is 11.2. The van der Waals surface area contributed by atoms with Gasteiger partial charge < -0.3 is 5.32 Å². The lowest BCUT2D eigenvalue weighted by Crippen LogP contribution is -2.09. The van der Waals surface area contributed by atoms with Gasteiger partial charge in [-0.05, 0) is 30.5 Å². The molecule has 2 rings (SSSR count). The molecule has 1 fully saturated rings. The molecule has 1 aromatic carbocycles. The van der Waals surface area contributed by atoms with Gasteiger partial charge in [0, 0.05) is 6.54 Å². The molecule has 0 aromatic heterocycles. The van der Waals surface area contributed by atoms with Crippen LogP contribution in [-0.4, -0.2) is 7.05 Å². The van der Waals surface area contributed by atoms with Crippen molar-refractivity contribution in [2.75, 3.05) is 7.05 Å². The Morgan fingerprint density at radius 2 is 1.62 bits per heavy atom. The highest BCUT2D eigenvalue weighted by atomic mass is 14.8. The molecule has 1 N–H and O–H groups in total. The number of benzene rings is 1. The predicted octanol–water partition coefficient (Wildman–Crippen LogP) is 3.53. The molecule has 1 saturated carbocycles. The Bertz CT molecular complexity index is 296. The van der Waals surface area contributed by atoms with Gasteiger partial charge in [-0.15, -0.1) is 0 Å². The van der Waals surface area contributed by atoms with E-state index in [1.807, 2.05) is 7.05 Å². The van der Waals surface area contributed by atoms with Gasteiger partial charge in [0.15, 0.2) is 0 Å². The first kappa shape index (κ1) is 11.7. The fourth-order valence-electron chi connectivity index (χ4n) is 2.72. The van der Waals surface area contributed by atoms with Gasteiger partial charge in [-0.25, -0.2) is 0 Å². The Hall–Kier alpha value is -0.820. The molecule has 0 unspecified atom stereocenters. The second kappa shape index (κ2) is 6.05. The molecule has 16 heavy (non-hydrogen) atoms. The molecule has 1 aliphatic carbocycles. The third kappa shape index (κ3) is 3.34. The van der Waals surface area contributed by atoms with Crippen molar-refractivity contribution in [2.45, 2.75) is 45.1 Å². The van der Waals surface area contributed by atoms with Crippen LogP contribution in [0.3, 0.4) is 0 Å². The molecule has 0 heterocycles. The van der Waals surface area contributed by atoms with Gasteiger partial charge >= 0.3 is 0 Å². The van der Waals surface area contributed by atoms with E-state index >= 15 is 0 Å². The maximum Gasteiger partial charge on any atom is 0.0202 e. The Kier molecular flexibility index (Phi) is 4.41. The van der Waals surface area contributed by atoms with Crippen molar-refractivity contribution < 1.29 is 0 Å². The zero-order valence-corrected chi connectivity index (χ0v) is 10.3. The molecular weight excluding hydrogens is 194 g/mol. The molecule has 0 radical (unpaired) electrons. The van der Waals surface area contributed by atoms with Gasteiger partial charge in [-0.2, -0.15) is 0 Å². The van der Waals surface area contributed by atoms with Crippen molar-refractivity contribution in [3.05, 3.63) is 35.4 Å². The van der Waals surface area contributed by atoms with E-state index in [1.165, 1.54) is 49.7 Å². The summed E-state index contributed by atoms with van der Waals surface area (Å²) in [5.74, 6) is 0.948. The average Bonchev–Trinajstić information content (AvgIpc) is 2.33. The summed E-state index contributed by atoms with van der Waals surface area (Å²) in [7, 11) is 2.00. The molecule has 88 valence electrons. The molecule has 0 amide bonds. The van der Waals surface area contributed by atoms with Crippen LogP contribution in [-0.2, 0) is 13.0 Å². The van der Waals surface area contributed by atoms with Crippen molar-refractivity contribution in [2.24, 2.45) is 5.92 Å². The van der Waals surface area contributed by atoms with Crippen LogP contribution in [0.25, 0.3) is 0 Å². The van der Waals surface area contributed by atoms with E-state index in [0.29, 0.717) is 0 Å². The van der Waals surface area contributed by atoms with Gasteiger partial charge in [0.25, 0.3) is 0 Å². The van der Waals surface area contributed by atoms with E-state index in [4.69, 9.17) is 0 Å². The fraction of sp³-hybridized carbons (Fsp3) is 0.600. The van der Waals surface area contributed by atoms with E-state index < -0.39 is 0 Å². The molecule has 0 spiro atoms. The summed E-state index contributed by atoms with van der Waals surface area (Å²) in [4.78, 5) is 0. The maximum atomic E-state index is 3.18. The molecular formula is C15H23N. The Balaban J connectivity index is 1.88. The highest BCUT2D eigenvalue weighted by molar-refractivity contribution is 5.22. The molecule has 0 atom stereocenters. The van der Waals surface area contributed by atoms with Gasteiger partial charge in [-0.1, -0.05) is 56.4 Å². The summed E-state index contributed by atoms with van der Waals surface area (Å²) in [5, 5.41) is 3.18. The van der Waals surface area contributed by atoms with E-state index in [2.05, 4.69) is 29.6 Å². The van der Waals surface area contributed by atoms with Crippen LogP contribution < -0.4 is 5.32 Å². The molecule has 1 aromatic rings. The topological polar surface area (TPSA) is 12.0 Å². The predicted molar refractivity (Wildman–Crippen MR) is 69.5 cm³/mol. The van der Waals surface area contributed by atoms with Crippen LogP contribution in [0.1, 0.15) is 43.2 Å². The molecule has 1 nitrogen and oxygen atoms in total. The van der Waals surface area contributed by atoms with Gasteiger partial charge in [0.05, 0.1) is 0 Å². The number of hydrogen-bond donors (Lipinski definition) is 1. The van der Waals surface area contributed by atoms with Gasteiger partial charge in [0.2, 0.25) is 0 Å². The van der Waals surface area contributed by atoms with Crippen LogP contribution in [0.2, 0.25) is 0 Å². The monoisotopic (exact) mass is 217 g/mol. The lowest BCUT2D eigenvalue weighted by Gasteiger charge is -2.21. The molecule has 1 heteroatoms. The van der Waals surface area contributed by atoms with Gasteiger partial charge in [0.1, 0.15) is 0 Å². The van der Waals surface area contributed by atoms with Crippen molar-refractivity contribution in [1.82, 2.24) is 5.32 Å². The summed E-state index contributed by atoms with van der Waals surface area (Å²) < 4.78 is 0. The van der Waals surface area contributed by atoms with Crippen molar-refractivity contribution in [3.63, 3.8) is 0 Å². The van der Waals surface area contributed by atoms with E-state index in [-0.39, 0.29) is 0 Å². The minimum atomic E-state index is 0.948. The third-order valence-electron chi connectivity index (χ3n) is 3.65.